The third kappa shape index (κ3) is 2.93. The molecule has 1 fully saturated rings. The molecule has 1 aliphatic rings. The molecule has 1 aromatic carbocycles. The zero-order chi connectivity index (χ0) is 17.1. The van der Waals surface area contributed by atoms with Crippen molar-refractivity contribution in [3.8, 4) is 0 Å². The lowest BCUT2D eigenvalue weighted by molar-refractivity contribution is -0.131. The molecule has 0 unspecified atom stereocenters. The minimum Gasteiger partial charge on any atom is -0.361 e. The molecule has 3 heterocycles. The molecule has 0 atom stereocenters. The highest BCUT2D eigenvalue weighted by Crippen LogP contribution is 2.27. The van der Waals surface area contributed by atoms with E-state index in [4.69, 9.17) is 0 Å². The molecule has 2 aromatic heterocycles. The number of benzene rings is 1. The largest absolute Gasteiger partial charge is 0.361 e. The van der Waals surface area contributed by atoms with Crippen LogP contribution in [0, 0.1) is 0 Å². The van der Waals surface area contributed by atoms with Crippen LogP contribution in [0.3, 0.4) is 0 Å². The van der Waals surface area contributed by atoms with Gasteiger partial charge in [-0.15, -0.1) is 0 Å². The monoisotopic (exact) mass is 337 g/mol. The second-order valence-corrected chi connectivity index (χ2v) is 6.60. The van der Waals surface area contributed by atoms with Crippen molar-refractivity contribution < 1.29 is 4.79 Å². The number of nitrogens with zero attached hydrogens (tertiary/aromatic N) is 2. The highest BCUT2D eigenvalue weighted by Gasteiger charge is 2.41. The Balaban J connectivity index is 1.45. The predicted molar refractivity (Wildman–Crippen MR) is 97.3 cm³/mol. The Hall–Kier alpha value is -2.60. The Bertz CT molecular complexity index is 846. The lowest BCUT2D eigenvalue weighted by Gasteiger charge is -2.36. The number of hydrogen-bond acceptors (Lipinski definition) is 3. The number of carbonyl (C=O) groups is 1. The van der Waals surface area contributed by atoms with Crippen molar-refractivity contribution in [1.82, 2.24) is 25.4 Å². The summed E-state index contributed by atoms with van der Waals surface area (Å²) in [4.78, 5) is 16.3. The van der Waals surface area contributed by atoms with Gasteiger partial charge in [0.15, 0.2) is 0 Å². The van der Waals surface area contributed by atoms with Crippen molar-refractivity contribution in [3.63, 3.8) is 0 Å². The molecule has 0 spiro atoms. The van der Waals surface area contributed by atoms with Gasteiger partial charge in [0.05, 0.1) is 0 Å². The zero-order valence-electron chi connectivity index (χ0n) is 14.2. The van der Waals surface area contributed by atoms with Crippen LogP contribution in [0.1, 0.15) is 18.4 Å². The Labute approximate surface area is 146 Å². The van der Waals surface area contributed by atoms with Gasteiger partial charge in [0.25, 0.3) is 0 Å². The standard InChI is InChI=1S/C19H23N5O/c25-18(19(7-11-20-12-8-19)24-13-3-9-23-24)21-10-6-15-14-22-17-5-2-1-4-16(15)17/h1-5,9,13-14,20,22H,6-8,10-12H2,(H,21,25). The van der Waals surface area contributed by atoms with Crippen LogP contribution in [-0.4, -0.2) is 40.3 Å². The Morgan fingerprint density at radius 1 is 1.24 bits per heavy atom. The van der Waals surface area contributed by atoms with E-state index in [-0.39, 0.29) is 5.91 Å². The first-order chi connectivity index (χ1) is 12.3. The molecule has 130 valence electrons. The number of rotatable bonds is 5. The molecular formula is C19H23N5O. The third-order valence-electron chi connectivity index (χ3n) is 5.15. The average Bonchev–Trinajstić information content (AvgIpc) is 3.33. The molecule has 0 saturated carbocycles. The van der Waals surface area contributed by atoms with Gasteiger partial charge < -0.3 is 15.6 Å². The number of aromatic nitrogens is 3. The Kier molecular flexibility index (Phi) is 4.28. The zero-order valence-corrected chi connectivity index (χ0v) is 14.2. The van der Waals surface area contributed by atoms with E-state index in [1.165, 1.54) is 10.9 Å². The van der Waals surface area contributed by atoms with Crippen molar-refractivity contribution in [3.05, 3.63) is 54.5 Å². The van der Waals surface area contributed by atoms with Gasteiger partial charge in [0.1, 0.15) is 5.54 Å². The smallest absolute Gasteiger partial charge is 0.248 e. The normalized spacial score (nSPS) is 16.8. The second kappa shape index (κ2) is 6.72. The number of hydrogen-bond donors (Lipinski definition) is 3. The van der Waals surface area contributed by atoms with Crippen LogP contribution >= 0.6 is 0 Å². The molecule has 6 nitrogen and oxygen atoms in total. The number of para-hydroxylation sites is 1. The highest BCUT2D eigenvalue weighted by molar-refractivity contribution is 5.85. The lowest BCUT2D eigenvalue weighted by Crippen LogP contribution is -2.54. The first-order valence-corrected chi connectivity index (χ1v) is 8.84. The average molecular weight is 337 g/mol. The van der Waals surface area contributed by atoms with Crippen LogP contribution in [-0.2, 0) is 16.8 Å². The van der Waals surface area contributed by atoms with Crippen LogP contribution in [0.15, 0.2) is 48.9 Å². The number of aromatic amines is 1. The molecule has 25 heavy (non-hydrogen) atoms. The van der Waals surface area contributed by atoms with Crippen LogP contribution in [0.5, 0.6) is 0 Å². The summed E-state index contributed by atoms with van der Waals surface area (Å²) in [7, 11) is 0. The molecule has 1 saturated heterocycles. The van der Waals surface area contributed by atoms with E-state index in [1.807, 2.05) is 35.3 Å². The SMILES string of the molecule is O=C(NCCc1c[nH]c2ccccc12)C1(n2cccn2)CCNCC1. The van der Waals surface area contributed by atoms with E-state index in [0.717, 1.165) is 37.9 Å². The third-order valence-corrected chi connectivity index (χ3v) is 5.15. The molecule has 6 heteroatoms. The van der Waals surface area contributed by atoms with E-state index in [2.05, 4.69) is 32.8 Å². The van der Waals surface area contributed by atoms with Gasteiger partial charge in [-0.2, -0.15) is 5.10 Å². The van der Waals surface area contributed by atoms with Crippen LogP contribution < -0.4 is 10.6 Å². The summed E-state index contributed by atoms with van der Waals surface area (Å²) in [5.74, 6) is 0.0672. The number of carbonyl (C=O) groups excluding carboxylic acids is 1. The highest BCUT2D eigenvalue weighted by atomic mass is 16.2. The van der Waals surface area contributed by atoms with Gasteiger partial charge in [-0.25, -0.2) is 0 Å². The predicted octanol–water partition coefficient (Wildman–Crippen LogP) is 1.80. The first-order valence-electron chi connectivity index (χ1n) is 8.84. The molecule has 4 rings (SSSR count). The van der Waals surface area contributed by atoms with E-state index >= 15 is 0 Å². The van der Waals surface area contributed by atoms with Gasteiger partial charge in [-0.1, -0.05) is 18.2 Å². The summed E-state index contributed by atoms with van der Waals surface area (Å²) in [6.07, 6.45) is 7.99. The molecule has 0 bridgehead atoms. The molecule has 0 aliphatic carbocycles. The van der Waals surface area contributed by atoms with E-state index in [9.17, 15) is 4.79 Å². The molecule has 0 radical (unpaired) electrons. The second-order valence-electron chi connectivity index (χ2n) is 6.60. The summed E-state index contributed by atoms with van der Waals surface area (Å²) < 4.78 is 1.83. The maximum Gasteiger partial charge on any atom is 0.248 e. The summed E-state index contributed by atoms with van der Waals surface area (Å²) in [6, 6.07) is 10.1. The van der Waals surface area contributed by atoms with Gasteiger partial charge in [0.2, 0.25) is 5.91 Å². The van der Waals surface area contributed by atoms with Crippen LogP contribution in [0.25, 0.3) is 10.9 Å². The fourth-order valence-electron chi connectivity index (χ4n) is 3.74. The quantitative estimate of drug-likeness (QED) is 0.665. The summed E-state index contributed by atoms with van der Waals surface area (Å²) in [5.41, 5.74) is 1.79. The first kappa shape index (κ1) is 15.9. The van der Waals surface area contributed by atoms with Gasteiger partial charge in [-0.05, 0) is 50.0 Å². The maximum atomic E-state index is 13.0. The van der Waals surface area contributed by atoms with Crippen molar-refractivity contribution in [2.45, 2.75) is 24.8 Å². The molecule has 3 aromatic rings. The number of H-pyrrole nitrogens is 1. The summed E-state index contributed by atoms with van der Waals surface area (Å²) in [6.45, 7) is 2.28. The number of piperidine rings is 1. The van der Waals surface area contributed by atoms with Gasteiger partial charge >= 0.3 is 0 Å². The van der Waals surface area contributed by atoms with Crippen LogP contribution in [0.2, 0.25) is 0 Å². The summed E-state index contributed by atoms with van der Waals surface area (Å²) in [5, 5.41) is 12.1. The van der Waals surface area contributed by atoms with E-state index in [0.29, 0.717) is 6.54 Å². The number of nitrogens with one attached hydrogen (secondary N) is 3. The molecule has 1 aliphatic heterocycles. The van der Waals surface area contributed by atoms with Gasteiger partial charge in [-0.3, -0.25) is 9.48 Å². The fraction of sp³-hybridized carbons (Fsp3) is 0.368. The topological polar surface area (TPSA) is 74.7 Å². The van der Waals surface area contributed by atoms with Gasteiger partial charge in [0, 0.05) is 36.0 Å². The fourth-order valence-corrected chi connectivity index (χ4v) is 3.74. The molecule has 1 amide bonds. The minimum absolute atomic E-state index is 0.0672. The molecule has 3 N–H and O–H groups in total. The van der Waals surface area contributed by atoms with Crippen LogP contribution in [0.4, 0.5) is 0 Å². The summed E-state index contributed by atoms with van der Waals surface area (Å²) >= 11 is 0. The lowest BCUT2D eigenvalue weighted by atomic mass is 9.87. The Morgan fingerprint density at radius 3 is 2.88 bits per heavy atom. The van der Waals surface area contributed by atoms with Crippen molar-refractivity contribution in [1.29, 1.82) is 0 Å². The number of amides is 1. The van der Waals surface area contributed by atoms with Crippen molar-refractivity contribution in [2.75, 3.05) is 19.6 Å². The van der Waals surface area contributed by atoms with Crippen molar-refractivity contribution >= 4 is 16.8 Å². The minimum atomic E-state index is -0.574. The number of fused-ring (bicyclic) bond motifs is 1. The van der Waals surface area contributed by atoms with E-state index in [1.54, 1.807) is 6.20 Å². The molecular weight excluding hydrogens is 314 g/mol. The van der Waals surface area contributed by atoms with E-state index < -0.39 is 5.54 Å². The van der Waals surface area contributed by atoms with Crippen molar-refractivity contribution in [2.24, 2.45) is 0 Å². The maximum absolute atomic E-state index is 13.0. The Morgan fingerprint density at radius 2 is 2.08 bits per heavy atom.